The summed E-state index contributed by atoms with van der Waals surface area (Å²) in [7, 11) is 1.67. The van der Waals surface area contributed by atoms with Crippen LogP contribution in [0, 0.1) is 0 Å². The van der Waals surface area contributed by atoms with Gasteiger partial charge in [-0.15, -0.1) is 0 Å². The Kier molecular flexibility index (Phi) is 6.17. The molecule has 1 aliphatic rings. The van der Waals surface area contributed by atoms with Crippen LogP contribution in [0.1, 0.15) is 43.7 Å². The van der Waals surface area contributed by atoms with Crippen molar-refractivity contribution in [2.45, 2.75) is 44.8 Å². The molecule has 32 heavy (non-hydrogen) atoms. The SMILES string of the molecule is COc1ccc(Br)c(COc2ccc(-c3nc4ccccc4n3C3CCCCC3)cc2)c1. The summed E-state index contributed by atoms with van der Waals surface area (Å²) in [6.07, 6.45) is 6.38. The summed E-state index contributed by atoms with van der Waals surface area (Å²) in [5.41, 5.74) is 4.48. The number of imidazole rings is 1. The molecule has 0 atom stereocenters. The van der Waals surface area contributed by atoms with Crippen LogP contribution in [0.2, 0.25) is 0 Å². The molecule has 4 nitrogen and oxygen atoms in total. The second-order valence-electron chi connectivity index (χ2n) is 8.36. The fourth-order valence-corrected chi connectivity index (χ4v) is 4.97. The molecule has 0 radical (unpaired) electrons. The first kappa shape index (κ1) is 21.1. The number of aromatic nitrogens is 2. The van der Waals surface area contributed by atoms with Gasteiger partial charge in [-0.25, -0.2) is 4.98 Å². The lowest BCUT2D eigenvalue weighted by Crippen LogP contribution is -2.13. The molecule has 1 fully saturated rings. The number of rotatable bonds is 6. The largest absolute Gasteiger partial charge is 0.497 e. The third-order valence-electron chi connectivity index (χ3n) is 6.30. The molecule has 4 aromatic rings. The molecule has 0 saturated heterocycles. The van der Waals surface area contributed by atoms with Gasteiger partial charge in [-0.2, -0.15) is 0 Å². The van der Waals surface area contributed by atoms with E-state index in [1.54, 1.807) is 7.11 Å². The fraction of sp³-hybridized carbons (Fsp3) is 0.296. The maximum atomic E-state index is 6.06. The van der Waals surface area contributed by atoms with Crippen molar-refractivity contribution in [3.8, 4) is 22.9 Å². The highest BCUT2D eigenvalue weighted by atomic mass is 79.9. The summed E-state index contributed by atoms with van der Waals surface area (Å²) in [4.78, 5) is 5.01. The van der Waals surface area contributed by atoms with Gasteiger partial charge < -0.3 is 14.0 Å². The van der Waals surface area contributed by atoms with Crippen LogP contribution in [0.15, 0.2) is 71.2 Å². The third-order valence-corrected chi connectivity index (χ3v) is 7.07. The van der Waals surface area contributed by atoms with Gasteiger partial charge in [-0.05, 0) is 67.4 Å². The van der Waals surface area contributed by atoms with E-state index in [1.165, 1.54) is 37.6 Å². The molecule has 3 aromatic carbocycles. The highest BCUT2D eigenvalue weighted by Crippen LogP contribution is 2.36. The van der Waals surface area contributed by atoms with E-state index in [0.29, 0.717) is 12.6 Å². The second-order valence-corrected chi connectivity index (χ2v) is 9.21. The highest BCUT2D eigenvalue weighted by Gasteiger charge is 2.22. The Bertz CT molecular complexity index is 1210. The molecule has 1 aromatic heterocycles. The molecular formula is C27H27BrN2O2. The zero-order valence-electron chi connectivity index (χ0n) is 18.3. The topological polar surface area (TPSA) is 36.3 Å². The normalized spacial score (nSPS) is 14.6. The zero-order valence-corrected chi connectivity index (χ0v) is 19.8. The van der Waals surface area contributed by atoms with Crippen molar-refractivity contribution < 1.29 is 9.47 Å². The van der Waals surface area contributed by atoms with Crippen molar-refractivity contribution in [1.29, 1.82) is 0 Å². The van der Waals surface area contributed by atoms with E-state index < -0.39 is 0 Å². The maximum absolute atomic E-state index is 6.06. The Balaban J connectivity index is 1.40. The number of halogens is 1. The molecule has 0 amide bonds. The van der Waals surface area contributed by atoms with Crippen LogP contribution < -0.4 is 9.47 Å². The van der Waals surface area contributed by atoms with Gasteiger partial charge in [-0.1, -0.05) is 47.3 Å². The maximum Gasteiger partial charge on any atom is 0.141 e. The number of para-hydroxylation sites is 2. The van der Waals surface area contributed by atoms with Crippen LogP contribution in [0.5, 0.6) is 11.5 Å². The van der Waals surface area contributed by atoms with Crippen LogP contribution in [0.3, 0.4) is 0 Å². The standard InChI is InChI=1S/C27H27BrN2O2/c1-31-23-15-16-24(28)20(17-23)18-32-22-13-11-19(12-14-22)27-29-25-9-5-6-10-26(25)30(27)21-7-3-2-4-8-21/h5-6,9-17,21H,2-4,7-8,18H2,1H3. The molecule has 164 valence electrons. The predicted molar refractivity (Wildman–Crippen MR) is 132 cm³/mol. The number of benzene rings is 3. The quantitative estimate of drug-likeness (QED) is 0.279. The van der Waals surface area contributed by atoms with E-state index >= 15 is 0 Å². The lowest BCUT2D eigenvalue weighted by molar-refractivity contribution is 0.304. The second kappa shape index (κ2) is 9.37. The summed E-state index contributed by atoms with van der Waals surface area (Å²) < 4.78 is 14.9. The van der Waals surface area contributed by atoms with E-state index in [1.807, 2.05) is 30.3 Å². The van der Waals surface area contributed by atoms with Gasteiger partial charge >= 0.3 is 0 Å². The Labute approximate surface area is 197 Å². The van der Waals surface area contributed by atoms with Gasteiger partial charge in [0.25, 0.3) is 0 Å². The van der Waals surface area contributed by atoms with E-state index in [2.05, 4.69) is 56.9 Å². The van der Waals surface area contributed by atoms with Gasteiger partial charge in [-0.3, -0.25) is 0 Å². The summed E-state index contributed by atoms with van der Waals surface area (Å²) in [6, 6.07) is 23.2. The molecule has 1 aliphatic carbocycles. The molecule has 5 heteroatoms. The van der Waals surface area contributed by atoms with Crippen molar-refractivity contribution in [3.63, 3.8) is 0 Å². The Morgan fingerprint density at radius 2 is 1.69 bits per heavy atom. The van der Waals surface area contributed by atoms with Gasteiger partial charge in [0.2, 0.25) is 0 Å². The summed E-state index contributed by atoms with van der Waals surface area (Å²) in [5.74, 6) is 2.72. The minimum absolute atomic E-state index is 0.470. The Hall–Kier alpha value is -2.79. The Morgan fingerprint density at radius 1 is 0.938 bits per heavy atom. The molecule has 0 unspecified atom stereocenters. The molecular weight excluding hydrogens is 464 g/mol. The van der Waals surface area contributed by atoms with Crippen molar-refractivity contribution in [2.75, 3.05) is 7.11 Å². The molecule has 5 rings (SSSR count). The lowest BCUT2D eigenvalue weighted by Gasteiger charge is -2.25. The highest BCUT2D eigenvalue weighted by molar-refractivity contribution is 9.10. The number of hydrogen-bond acceptors (Lipinski definition) is 3. The lowest BCUT2D eigenvalue weighted by atomic mass is 9.95. The molecule has 0 aliphatic heterocycles. The molecule has 0 bridgehead atoms. The summed E-state index contributed by atoms with van der Waals surface area (Å²) in [5, 5.41) is 0. The first-order chi connectivity index (χ1) is 15.7. The van der Waals surface area contributed by atoms with Crippen LogP contribution >= 0.6 is 15.9 Å². The summed E-state index contributed by atoms with van der Waals surface area (Å²) >= 11 is 3.59. The summed E-state index contributed by atoms with van der Waals surface area (Å²) in [6.45, 7) is 0.470. The zero-order chi connectivity index (χ0) is 21.9. The predicted octanol–water partition coefficient (Wildman–Crippen LogP) is 7.56. The van der Waals surface area contributed by atoms with Crippen molar-refractivity contribution in [3.05, 3.63) is 76.8 Å². The van der Waals surface area contributed by atoms with Gasteiger partial charge in [0.1, 0.15) is 23.9 Å². The van der Waals surface area contributed by atoms with Crippen LogP contribution in [0.25, 0.3) is 22.4 Å². The number of methoxy groups -OCH3 is 1. The minimum atomic E-state index is 0.470. The monoisotopic (exact) mass is 490 g/mol. The Morgan fingerprint density at radius 3 is 2.47 bits per heavy atom. The number of ether oxygens (including phenoxy) is 2. The number of hydrogen-bond donors (Lipinski definition) is 0. The smallest absolute Gasteiger partial charge is 0.141 e. The van der Waals surface area contributed by atoms with E-state index in [0.717, 1.165) is 38.4 Å². The van der Waals surface area contributed by atoms with Gasteiger partial charge in [0.05, 0.1) is 18.1 Å². The van der Waals surface area contributed by atoms with Crippen molar-refractivity contribution >= 4 is 27.0 Å². The van der Waals surface area contributed by atoms with Crippen molar-refractivity contribution in [1.82, 2.24) is 9.55 Å². The molecule has 1 saturated carbocycles. The minimum Gasteiger partial charge on any atom is -0.497 e. The van der Waals surface area contributed by atoms with E-state index in [4.69, 9.17) is 14.5 Å². The molecule has 0 N–H and O–H groups in total. The van der Waals surface area contributed by atoms with Crippen LogP contribution in [-0.4, -0.2) is 16.7 Å². The molecule has 0 spiro atoms. The third kappa shape index (κ3) is 4.26. The van der Waals surface area contributed by atoms with Crippen molar-refractivity contribution in [2.24, 2.45) is 0 Å². The fourth-order valence-electron chi connectivity index (χ4n) is 4.61. The van der Waals surface area contributed by atoms with E-state index in [9.17, 15) is 0 Å². The first-order valence-electron chi connectivity index (χ1n) is 11.3. The van der Waals surface area contributed by atoms with Gasteiger partial charge in [0.15, 0.2) is 0 Å². The number of fused-ring (bicyclic) bond motifs is 1. The number of nitrogens with zero attached hydrogens (tertiary/aromatic N) is 2. The first-order valence-corrected chi connectivity index (χ1v) is 12.0. The van der Waals surface area contributed by atoms with E-state index in [-0.39, 0.29) is 0 Å². The average Bonchev–Trinajstić information content (AvgIpc) is 3.24. The average molecular weight is 491 g/mol. The molecule has 1 heterocycles. The van der Waals surface area contributed by atoms with Crippen LogP contribution in [-0.2, 0) is 6.61 Å². The van der Waals surface area contributed by atoms with Gasteiger partial charge in [0, 0.05) is 21.6 Å². The van der Waals surface area contributed by atoms with Crippen LogP contribution in [0.4, 0.5) is 0 Å².